The summed E-state index contributed by atoms with van der Waals surface area (Å²) in [5.74, 6) is 2.76. The highest BCUT2D eigenvalue weighted by atomic mass is 32.2. The fourth-order valence-corrected chi connectivity index (χ4v) is 3.20. The Morgan fingerprint density at radius 3 is 2.42 bits per heavy atom. The molecule has 0 fully saturated rings. The van der Waals surface area contributed by atoms with E-state index in [4.69, 9.17) is 4.74 Å². The van der Waals surface area contributed by atoms with E-state index in [-0.39, 0.29) is 12.0 Å². The van der Waals surface area contributed by atoms with Gasteiger partial charge in [0.1, 0.15) is 5.54 Å². The molecule has 0 aromatic carbocycles. The summed E-state index contributed by atoms with van der Waals surface area (Å²) < 4.78 is 5.20. The lowest BCUT2D eigenvalue weighted by Gasteiger charge is -2.30. The molecule has 1 N–H and O–H groups in total. The van der Waals surface area contributed by atoms with Gasteiger partial charge in [0, 0.05) is 6.04 Å². The average Bonchev–Trinajstić information content (AvgIpc) is 2.33. The predicted octanol–water partition coefficient (Wildman–Crippen LogP) is 3.48. The zero-order valence-electron chi connectivity index (χ0n) is 13.4. The first-order valence-corrected chi connectivity index (χ1v) is 8.53. The highest BCUT2D eigenvalue weighted by Crippen LogP contribution is 2.19. The molecular formula is C15H31NO2S. The van der Waals surface area contributed by atoms with Crippen LogP contribution in [0.5, 0.6) is 0 Å². The van der Waals surface area contributed by atoms with Gasteiger partial charge in [0.2, 0.25) is 0 Å². The number of hydrogen-bond donors (Lipinski definition) is 1. The van der Waals surface area contributed by atoms with E-state index in [0.29, 0.717) is 6.61 Å². The van der Waals surface area contributed by atoms with Gasteiger partial charge in [-0.25, -0.2) is 0 Å². The maximum absolute atomic E-state index is 12.1. The van der Waals surface area contributed by atoms with E-state index in [1.807, 2.05) is 25.6 Å². The molecule has 0 amide bonds. The SMILES string of the molecule is CCOC(=O)C(C)(CCSCC(C)CC)NC(C)C. The summed E-state index contributed by atoms with van der Waals surface area (Å²) in [6, 6.07) is 0.272. The Balaban J connectivity index is 4.31. The number of ether oxygens (including phenoxy) is 1. The highest BCUT2D eigenvalue weighted by molar-refractivity contribution is 7.99. The molecule has 2 unspecified atom stereocenters. The van der Waals surface area contributed by atoms with Gasteiger partial charge in [-0.1, -0.05) is 20.3 Å². The molecule has 0 aliphatic carbocycles. The van der Waals surface area contributed by atoms with E-state index < -0.39 is 5.54 Å². The van der Waals surface area contributed by atoms with Gasteiger partial charge in [-0.05, 0) is 51.5 Å². The second-order valence-corrected chi connectivity index (χ2v) is 6.84. The number of hydrogen-bond acceptors (Lipinski definition) is 4. The van der Waals surface area contributed by atoms with Crippen molar-refractivity contribution in [2.75, 3.05) is 18.1 Å². The Hall–Kier alpha value is -0.220. The average molecular weight is 289 g/mol. The van der Waals surface area contributed by atoms with E-state index in [9.17, 15) is 4.79 Å². The Morgan fingerprint density at radius 1 is 1.32 bits per heavy atom. The third kappa shape index (κ3) is 7.83. The third-order valence-electron chi connectivity index (χ3n) is 3.18. The molecule has 0 rings (SSSR count). The Morgan fingerprint density at radius 2 is 1.95 bits per heavy atom. The molecule has 0 saturated carbocycles. The van der Waals surface area contributed by atoms with Crippen LogP contribution in [0.1, 0.15) is 54.4 Å². The van der Waals surface area contributed by atoms with Crippen LogP contribution in [0.2, 0.25) is 0 Å². The van der Waals surface area contributed by atoms with Crippen molar-refractivity contribution in [3.8, 4) is 0 Å². The van der Waals surface area contributed by atoms with Crippen molar-refractivity contribution in [2.24, 2.45) is 5.92 Å². The lowest BCUT2D eigenvalue weighted by molar-refractivity contribution is -0.150. The van der Waals surface area contributed by atoms with Crippen LogP contribution in [0.3, 0.4) is 0 Å². The van der Waals surface area contributed by atoms with Gasteiger partial charge in [-0.3, -0.25) is 10.1 Å². The largest absolute Gasteiger partial charge is 0.465 e. The van der Waals surface area contributed by atoms with Crippen molar-refractivity contribution in [2.45, 2.75) is 66.0 Å². The van der Waals surface area contributed by atoms with Gasteiger partial charge in [0.05, 0.1) is 6.61 Å². The first-order chi connectivity index (χ1) is 8.85. The molecule has 0 spiro atoms. The quantitative estimate of drug-likeness (QED) is 0.493. The normalized spacial score (nSPS) is 16.2. The lowest BCUT2D eigenvalue weighted by atomic mass is 9.98. The molecule has 2 atom stereocenters. The molecule has 0 saturated heterocycles. The molecule has 0 aromatic heterocycles. The summed E-state index contributed by atoms with van der Waals surface area (Å²) in [4.78, 5) is 12.1. The summed E-state index contributed by atoms with van der Waals surface area (Å²) in [5.41, 5.74) is -0.563. The van der Waals surface area contributed by atoms with Crippen molar-refractivity contribution in [1.82, 2.24) is 5.32 Å². The number of thioether (sulfide) groups is 1. The van der Waals surface area contributed by atoms with Gasteiger partial charge in [0.15, 0.2) is 0 Å². The van der Waals surface area contributed by atoms with Crippen molar-refractivity contribution in [3.63, 3.8) is 0 Å². The maximum Gasteiger partial charge on any atom is 0.326 e. The van der Waals surface area contributed by atoms with E-state index in [0.717, 1.165) is 23.8 Å². The van der Waals surface area contributed by atoms with E-state index in [1.165, 1.54) is 6.42 Å². The summed E-state index contributed by atoms with van der Waals surface area (Å²) in [6.07, 6.45) is 2.03. The molecule has 0 heterocycles. The Labute approximate surface area is 123 Å². The number of esters is 1. The van der Waals surface area contributed by atoms with Gasteiger partial charge in [-0.15, -0.1) is 0 Å². The summed E-state index contributed by atoms with van der Waals surface area (Å²) in [5, 5.41) is 3.36. The summed E-state index contributed by atoms with van der Waals surface area (Å²) >= 11 is 1.93. The molecule has 3 nitrogen and oxygen atoms in total. The van der Waals surface area contributed by atoms with Crippen LogP contribution >= 0.6 is 11.8 Å². The van der Waals surface area contributed by atoms with Crippen LogP contribution in [0.25, 0.3) is 0 Å². The minimum absolute atomic E-state index is 0.132. The zero-order valence-corrected chi connectivity index (χ0v) is 14.2. The molecule has 0 aliphatic rings. The fraction of sp³-hybridized carbons (Fsp3) is 0.933. The van der Waals surface area contributed by atoms with Gasteiger partial charge < -0.3 is 4.74 Å². The standard InChI is InChI=1S/C15H31NO2S/c1-7-13(5)11-19-10-9-15(6,16-12(3)4)14(17)18-8-2/h12-13,16H,7-11H2,1-6H3. The van der Waals surface area contributed by atoms with Crippen molar-refractivity contribution < 1.29 is 9.53 Å². The maximum atomic E-state index is 12.1. The van der Waals surface area contributed by atoms with Crippen molar-refractivity contribution in [1.29, 1.82) is 0 Å². The number of rotatable bonds is 10. The second-order valence-electron chi connectivity index (χ2n) is 5.69. The van der Waals surface area contributed by atoms with Gasteiger partial charge in [-0.2, -0.15) is 11.8 Å². The molecule has 4 heteroatoms. The minimum Gasteiger partial charge on any atom is -0.465 e. The van der Waals surface area contributed by atoms with Crippen LogP contribution in [0.15, 0.2) is 0 Å². The topological polar surface area (TPSA) is 38.3 Å². The fourth-order valence-electron chi connectivity index (χ4n) is 1.84. The summed E-state index contributed by atoms with van der Waals surface area (Å²) in [6.45, 7) is 12.8. The lowest BCUT2D eigenvalue weighted by Crippen LogP contribution is -2.53. The molecular weight excluding hydrogens is 258 g/mol. The zero-order chi connectivity index (χ0) is 14.9. The molecule has 114 valence electrons. The van der Waals surface area contributed by atoms with Gasteiger partial charge in [0.25, 0.3) is 0 Å². The molecule has 0 radical (unpaired) electrons. The van der Waals surface area contributed by atoms with Crippen molar-refractivity contribution >= 4 is 17.7 Å². The predicted molar refractivity (Wildman–Crippen MR) is 84.7 cm³/mol. The molecule has 0 aromatic rings. The minimum atomic E-state index is -0.563. The molecule has 19 heavy (non-hydrogen) atoms. The van der Waals surface area contributed by atoms with Crippen LogP contribution in [-0.4, -0.2) is 35.7 Å². The Bertz CT molecular complexity index is 259. The summed E-state index contributed by atoms with van der Waals surface area (Å²) in [7, 11) is 0. The van der Waals surface area contributed by atoms with Crippen LogP contribution in [0, 0.1) is 5.92 Å². The van der Waals surface area contributed by atoms with Gasteiger partial charge >= 0.3 is 5.97 Å². The van der Waals surface area contributed by atoms with E-state index in [1.54, 1.807) is 0 Å². The third-order valence-corrected chi connectivity index (χ3v) is 4.48. The monoisotopic (exact) mass is 289 g/mol. The van der Waals surface area contributed by atoms with Crippen LogP contribution in [0.4, 0.5) is 0 Å². The smallest absolute Gasteiger partial charge is 0.326 e. The van der Waals surface area contributed by atoms with Crippen LogP contribution in [-0.2, 0) is 9.53 Å². The number of carbonyl (C=O) groups excluding carboxylic acids is 1. The van der Waals surface area contributed by atoms with E-state index in [2.05, 4.69) is 33.0 Å². The van der Waals surface area contributed by atoms with E-state index >= 15 is 0 Å². The number of nitrogens with one attached hydrogen (secondary N) is 1. The molecule has 0 bridgehead atoms. The number of carbonyl (C=O) groups is 1. The Kier molecular flexibility index (Phi) is 9.54. The van der Waals surface area contributed by atoms with Crippen LogP contribution < -0.4 is 5.32 Å². The first-order valence-electron chi connectivity index (χ1n) is 7.38. The van der Waals surface area contributed by atoms with Crippen molar-refractivity contribution in [3.05, 3.63) is 0 Å². The molecule has 0 aliphatic heterocycles. The first kappa shape index (κ1) is 18.8. The highest BCUT2D eigenvalue weighted by Gasteiger charge is 2.34. The second kappa shape index (κ2) is 9.65.